The molecule has 1 heterocycles. The van der Waals surface area contributed by atoms with Gasteiger partial charge in [0, 0.05) is 11.0 Å². The maximum absolute atomic E-state index is 11.0. The average Bonchev–Trinajstić information content (AvgIpc) is 2.63. The summed E-state index contributed by atoms with van der Waals surface area (Å²) < 4.78 is 0. The molecule has 4 nitrogen and oxygen atoms in total. The number of amides is 1. The summed E-state index contributed by atoms with van der Waals surface area (Å²) in [6.07, 6.45) is 2.95. The van der Waals surface area contributed by atoms with Gasteiger partial charge in [0.15, 0.2) is 0 Å². The fourth-order valence-electron chi connectivity index (χ4n) is 0.766. The van der Waals surface area contributed by atoms with E-state index >= 15 is 0 Å². The number of thiophene rings is 1. The van der Waals surface area contributed by atoms with Crippen molar-refractivity contribution in [1.82, 2.24) is 5.32 Å². The van der Waals surface area contributed by atoms with Crippen molar-refractivity contribution in [2.45, 2.75) is 0 Å². The van der Waals surface area contributed by atoms with Crippen LogP contribution in [0.25, 0.3) is 6.08 Å². The summed E-state index contributed by atoms with van der Waals surface area (Å²) >= 11 is 1.51. The smallest absolute Gasteiger partial charge is 0.322 e. The fourth-order valence-corrected chi connectivity index (χ4v) is 1.38. The third-order valence-corrected chi connectivity index (χ3v) is 2.19. The molecule has 0 aliphatic rings. The Bertz CT molecular complexity index is 343. The molecule has 14 heavy (non-hydrogen) atoms. The predicted octanol–water partition coefficient (Wildman–Crippen LogP) is 0.962. The van der Waals surface area contributed by atoms with Crippen LogP contribution < -0.4 is 5.32 Å². The quantitative estimate of drug-likeness (QED) is 0.729. The van der Waals surface area contributed by atoms with Gasteiger partial charge in [0.05, 0.1) is 0 Å². The van der Waals surface area contributed by atoms with Crippen LogP contribution in [-0.2, 0) is 9.59 Å². The van der Waals surface area contributed by atoms with E-state index in [0.717, 1.165) is 4.88 Å². The van der Waals surface area contributed by atoms with Gasteiger partial charge in [0.2, 0.25) is 5.91 Å². The number of nitrogens with one attached hydrogen (secondary N) is 1. The molecular weight excluding hydrogens is 202 g/mol. The maximum atomic E-state index is 11.0. The van der Waals surface area contributed by atoms with Gasteiger partial charge in [0.25, 0.3) is 0 Å². The van der Waals surface area contributed by atoms with Crippen molar-refractivity contribution in [1.29, 1.82) is 0 Å². The molecule has 1 aromatic rings. The molecule has 0 bridgehead atoms. The zero-order chi connectivity index (χ0) is 10.4. The normalized spacial score (nSPS) is 10.3. The second-order valence-electron chi connectivity index (χ2n) is 2.46. The highest BCUT2D eigenvalue weighted by molar-refractivity contribution is 7.10. The van der Waals surface area contributed by atoms with Crippen LogP contribution in [0.2, 0.25) is 0 Å². The first kappa shape index (κ1) is 10.5. The average molecular weight is 211 g/mol. The van der Waals surface area contributed by atoms with Gasteiger partial charge < -0.3 is 10.4 Å². The number of carbonyl (C=O) groups is 2. The molecule has 0 aliphatic carbocycles. The van der Waals surface area contributed by atoms with Gasteiger partial charge in [-0.3, -0.25) is 9.59 Å². The first-order valence-corrected chi connectivity index (χ1v) is 4.77. The number of hydrogen-bond acceptors (Lipinski definition) is 3. The highest BCUT2D eigenvalue weighted by atomic mass is 32.1. The molecule has 0 radical (unpaired) electrons. The van der Waals surface area contributed by atoms with Gasteiger partial charge >= 0.3 is 5.97 Å². The largest absolute Gasteiger partial charge is 0.480 e. The first-order chi connectivity index (χ1) is 6.68. The predicted molar refractivity (Wildman–Crippen MR) is 54.0 cm³/mol. The molecule has 0 aromatic carbocycles. The Labute approximate surface area is 84.9 Å². The van der Waals surface area contributed by atoms with E-state index in [0.29, 0.717) is 0 Å². The van der Waals surface area contributed by atoms with Gasteiger partial charge in [-0.25, -0.2) is 0 Å². The van der Waals surface area contributed by atoms with Gasteiger partial charge in [-0.1, -0.05) is 6.07 Å². The van der Waals surface area contributed by atoms with E-state index in [1.165, 1.54) is 17.4 Å². The molecule has 0 spiro atoms. The zero-order valence-electron chi connectivity index (χ0n) is 7.27. The van der Waals surface area contributed by atoms with Gasteiger partial charge in [-0.05, 0) is 17.5 Å². The molecule has 0 fully saturated rings. The minimum absolute atomic E-state index is 0.354. The van der Waals surface area contributed by atoms with E-state index in [1.54, 1.807) is 6.08 Å². The number of carboxylic acids is 1. The number of aliphatic carboxylic acids is 1. The van der Waals surface area contributed by atoms with Crippen LogP contribution in [0.5, 0.6) is 0 Å². The minimum Gasteiger partial charge on any atom is -0.480 e. The summed E-state index contributed by atoms with van der Waals surface area (Å²) in [7, 11) is 0. The van der Waals surface area contributed by atoms with Crippen LogP contribution in [0.3, 0.4) is 0 Å². The number of carbonyl (C=O) groups excluding carboxylic acids is 1. The Morgan fingerprint density at radius 1 is 1.57 bits per heavy atom. The lowest BCUT2D eigenvalue weighted by Gasteiger charge is -1.94. The topological polar surface area (TPSA) is 66.4 Å². The van der Waals surface area contributed by atoms with Crippen LogP contribution >= 0.6 is 11.3 Å². The molecule has 0 saturated heterocycles. The number of hydrogen-bond donors (Lipinski definition) is 2. The second-order valence-corrected chi connectivity index (χ2v) is 3.44. The van der Waals surface area contributed by atoms with Crippen LogP contribution in [0.1, 0.15) is 4.88 Å². The molecule has 5 heteroatoms. The molecule has 1 rings (SSSR count). The van der Waals surface area contributed by atoms with E-state index in [1.807, 2.05) is 17.5 Å². The lowest BCUT2D eigenvalue weighted by molar-refractivity contribution is -0.137. The van der Waals surface area contributed by atoms with E-state index in [4.69, 9.17) is 5.11 Å². The summed E-state index contributed by atoms with van der Waals surface area (Å²) in [4.78, 5) is 22.0. The van der Waals surface area contributed by atoms with Gasteiger partial charge in [-0.2, -0.15) is 0 Å². The van der Waals surface area contributed by atoms with Crippen molar-refractivity contribution in [3.05, 3.63) is 28.5 Å². The lowest BCUT2D eigenvalue weighted by atomic mass is 10.4. The number of carboxylic acid groups (broad SMARTS) is 1. The molecule has 74 valence electrons. The summed E-state index contributed by atoms with van der Waals surface area (Å²) in [6.45, 7) is -0.354. The Morgan fingerprint density at radius 3 is 2.93 bits per heavy atom. The van der Waals surface area contributed by atoms with Crippen LogP contribution in [0.4, 0.5) is 0 Å². The highest BCUT2D eigenvalue weighted by Crippen LogP contribution is 2.09. The van der Waals surface area contributed by atoms with E-state index < -0.39 is 11.9 Å². The molecular formula is C9H9NO3S. The third-order valence-electron chi connectivity index (χ3n) is 1.36. The molecule has 0 aliphatic heterocycles. The van der Waals surface area contributed by atoms with Gasteiger partial charge in [0.1, 0.15) is 6.54 Å². The Balaban J connectivity index is 2.37. The van der Waals surface area contributed by atoms with Crippen LogP contribution in [-0.4, -0.2) is 23.5 Å². The number of rotatable bonds is 4. The van der Waals surface area contributed by atoms with E-state index in [2.05, 4.69) is 5.32 Å². The van der Waals surface area contributed by atoms with E-state index in [-0.39, 0.29) is 6.54 Å². The summed E-state index contributed by atoms with van der Waals surface area (Å²) in [5, 5.41) is 12.4. The maximum Gasteiger partial charge on any atom is 0.322 e. The standard InChI is InChI=1S/C9H9NO3S/c11-8(10-6-9(12)13)4-3-7-2-1-5-14-7/h1-5H,6H2,(H,10,11)(H,12,13). The molecule has 1 aromatic heterocycles. The third kappa shape index (κ3) is 3.86. The minimum atomic E-state index is -1.05. The van der Waals surface area contributed by atoms with Crippen molar-refractivity contribution in [3.8, 4) is 0 Å². The van der Waals surface area contributed by atoms with E-state index in [9.17, 15) is 9.59 Å². The summed E-state index contributed by atoms with van der Waals surface area (Å²) in [6, 6.07) is 3.74. The fraction of sp³-hybridized carbons (Fsp3) is 0.111. The van der Waals surface area contributed by atoms with Crippen molar-refractivity contribution in [2.75, 3.05) is 6.54 Å². The molecule has 2 N–H and O–H groups in total. The Morgan fingerprint density at radius 2 is 2.36 bits per heavy atom. The SMILES string of the molecule is O=C(O)CNC(=O)C=Cc1cccs1. The highest BCUT2D eigenvalue weighted by Gasteiger charge is 1.98. The van der Waals surface area contributed by atoms with Crippen molar-refractivity contribution >= 4 is 29.3 Å². The van der Waals surface area contributed by atoms with Crippen LogP contribution in [0.15, 0.2) is 23.6 Å². The molecule has 0 unspecified atom stereocenters. The zero-order valence-corrected chi connectivity index (χ0v) is 8.08. The van der Waals surface area contributed by atoms with Crippen molar-refractivity contribution in [2.24, 2.45) is 0 Å². The monoisotopic (exact) mass is 211 g/mol. The first-order valence-electron chi connectivity index (χ1n) is 3.89. The van der Waals surface area contributed by atoms with Gasteiger partial charge in [-0.15, -0.1) is 11.3 Å². The summed E-state index contributed by atoms with van der Waals surface area (Å²) in [5.41, 5.74) is 0. The Kier molecular flexibility index (Phi) is 3.87. The lowest BCUT2D eigenvalue weighted by Crippen LogP contribution is -2.27. The second kappa shape index (κ2) is 5.18. The molecule has 1 amide bonds. The molecule has 0 atom stereocenters. The summed E-state index contributed by atoms with van der Waals surface area (Å²) in [5.74, 6) is -1.45. The Hall–Kier alpha value is -1.62. The van der Waals surface area contributed by atoms with Crippen molar-refractivity contribution in [3.63, 3.8) is 0 Å². The van der Waals surface area contributed by atoms with Crippen LogP contribution in [0, 0.1) is 0 Å². The van der Waals surface area contributed by atoms with Crippen molar-refractivity contribution < 1.29 is 14.7 Å². The molecule has 0 saturated carbocycles.